The van der Waals surface area contributed by atoms with Gasteiger partial charge < -0.3 is 37.3 Å². The minimum atomic E-state index is -0.521. The van der Waals surface area contributed by atoms with Gasteiger partial charge in [0.25, 0.3) is 0 Å². The molecule has 11 nitrogen and oxygen atoms in total. The molecule has 0 saturated heterocycles. The van der Waals surface area contributed by atoms with Gasteiger partial charge in [-0.1, -0.05) is 12.1 Å². The summed E-state index contributed by atoms with van der Waals surface area (Å²) in [4.78, 5) is 23.7. The fourth-order valence-electron chi connectivity index (χ4n) is 2.18. The minimum Gasteiger partial charge on any atom is -0.508 e. The van der Waals surface area contributed by atoms with E-state index in [1.54, 1.807) is 12.1 Å². The predicted octanol–water partition coefficient (Wildman–Crippen LogP) is -0.484. The number of rotatable bonds is 13. The molecular formula is C17H26N8O3. The Hall–Kier alpha value is -3.18. The first-order valence-electron chi connectivity index (χ1n) is 8.88. The number of hydrogen-bond donors (Lipinski definition) is 6. The highest BCUT2D eigenvalue weighted by molar-refractivity contribution is 5.78. The molecule has 0 atom stereocenters. The molecule has 1 aromatic heterocycles. The van der Waals surface area contributed by atoms with E-state index in [0.29, 0.717) is 51.2 Å². The van der Waals surface area contributed by atoms with Crippen LogP contribution >= 0.6 is 0 Å². The Morgan fingerprint density at radius 1 is 0.964 bits per heavy atom. The molecule has 1 amide bonds. The Kier molecular flexibility index (Phi) is 8.69. The summed E-state index contributed by atoms with van der Waals surface area (Å²) in [5.41, 5.74) is 11.6. The van der Waals surface area contributed by atoms with Crippen molar-refractivity contribution in [1.29, 1.82) is 0 Å². The Labute approximate surface area is 162 Å². The topological polar surface area (TPSA) is 173 Å². The van der Waals surface area contributed by atoms with Crippen LogP contribution < -0.4 is 27.4 Å². The molecule has 2 rings (SSSR count). The molecule has 0 fully saturated rings. The van der Waals surface area contributed by atoms with E-state index < -0.39 is 5.91 Å². The summed E-state index contributed by atoms with van der Waals surface area (Å²) in [6.45, 7) is 2.37. The molecule has 0 bridgehead atoms. The highest BCUT2D eigenvalue weighted by Gasteiger charge is 2.07. The molecule has 2 aromatic rings. The molecule has 0 radical (unpaired) electrons. The van der Waals surface area contributed by atoms with Gasteiger partial charge in [0.15, 0.2) is 0 Å². The zero-order valence-corrected chi connectivity index (χ0v) is 15.5. The van der Waals surface area contributed by atoms with Gasteiger partial charge in [-0.3, -0.25) is 4.79 Å². The standard InChI is InChI=1S/C17H26N8O3/c18-6-9-28-10-8-21-16-23-15(24-17(25-16)22-11-14(19)27)20-7-5-12-1-3-13(26)4-2-12/h1-4,26H,5-11,18H2,(H2,19,27)(H3,20,21,22,23,24,25). The van der Waals surface area contributed by atoms with E-state index in [0.717, 1.165) is 5.56 Å². The number of amides is 1. The molecule has 0 aliphatic carbocycles. The second kappa shape index (κ2) is 11.5. The highest BCUT2D eigenvalue weighted by atomic mass is 16.5. The van der Waals surface area contributed by atoms with E-state index in [1.807, 2.05) is 12.1 Å². The summed E-state index contributed by atoms with van der Waals surface area (Å²) in [6.07, 6.45) is 0.714. The van der Waals surface area contributed by atoms with Crippen LogP contribution in [0.2, 0.25) is 0 Å². The summed E-state index contributed by atoms with van der Waals surface area (Å²) in [5.74, 6) is 0.625. The van der Waals surface area contributed by atoms with Crippen molar-refractivity contribution in [3.63, 3.8) is 0 Å². The van der Waals surface area contributed by atoms with Gasteiger partial charge in [0, 0.05) is 19.6 Å². The van der Waals surface area contributed by atoms with Crippen LogP contribution in [0.4, 0.5) is 17.8 Å². The Morgan fingerprint density at radius 3 is 2.18 bits per heavy atom. The van der Waals surface area contributed by atoms with Crippen molar-refractivity contribution in [3.05, 3.63) is 29.8 Å². The molecule has 1 heterocycles. The van der Waals surface area contributed by atoms with Crippen molar-refractivity contribution < 1.29 is 14.6 Å². The number of primary amides is 1. The summed E-state index contributed by atoms with van der Waals surface area (Å²) >= 11 is 0. The number of carbonyl (C=O) groups excluding carboxylic acids is 1. The van der Waals surface area contributed by atoms with Crippen LogP contribution in [0.5, 0.6) is 5.75 Å². The number of ether oxygens (including phenoxy) is 1. The zero-order valence-electron chi connectivity index (χ0n) is 15.5. The van der Waals surface area contributed by atoms with Crippen molar-refractivity contribution >= 4 is 23.8 Å². The molecule has 0 spiro atoms. The molecule has 0 saturated carbocycles. The van der Waals surface area contributed by atoms with E-state index in [2.05, 4.69) is 30.9 Å². The van der Waals surface area contributed by atoms with Crippen LogP contribution in [0.1, 0.15) is 5.56 Å². The Balaban J connectivity index is 1.94. The number of nitrogens with two attached hydrogens (primary N) is 2. The molecule has 0 aliphatic rings. The van der Waals surface area contributed by atoms with E-state index in [4.69, 9.17) is 16.2 Å². The van der Waals surface area contributed by atoms with Crippen molar-refractivity contribution in [1.82, 2.24) is 15.0 Å². The average molecular weight is 390 g/mol. The number of benzene rings is 1. The molecule has 11 heteroatoms. The Bertz CT molecular complexity index is 742. The molecule has 28 heavy (non-hydrogen) atoms. The third-order valence-electron chi connectivity index (χ3n) is 3.48. The first-order chi connectivity index (χ1) is 13.6. The van der Waals surface area contributed by atoms with Crippen molar-refractivity contribution in [2.24, 2.45) is 11.5 Å². The fourth-order valence-corrected chi connectivity index (χ4v) is 2.18. The van der Waals surface area contributed by atoms with E-state index in [-0.39, 0.29) is 18.2 Å². The lowest BCUT2D eigenvalue weighted by molar-refractivity contribution is -0.116. The summed E-state index contributed by atoms with van der Waals surface area (Å²) in [6, 6.07) is 6.97. The SMILES string of the molecule is NCCOCCNc1nc(NCCc2ccc(O)cc2)nc(NCC(N)=O)n1. The van der Waals surface area contributed by atoms with Gasteiger partial charge in [-0.05, 0) is 24.1 Å². The molecule has 152 valence electrons. The number of aromatic hydroxyl groups is 1. The fraction of sp³-hybridized carbons (Fsp3) is 0.412. The maximum Gasteiger partial charge on any atom is 0.236 e. The van der Waals surface area contributed by atoms with E-state index in [1.165, 1.54) is 0 Å². The van der Waals surface area contributed by atoms with Crippen molar-refractivity contribution in [2.45, 2.75) is 6.42 Å². The van der Waals surface area contributed by atoms with E-state index >= 15 is 0 Å². The lowest BCUT2D eigenvalue weighted by atomic mass is 10.1. The third kappa shape index (κ3) is 8.01. The summed E-state index contributed by atoms with van der Waals surface area (Å²) in [7, 11) is 0. The monoisotopic (exact) mass is 390 g/mol. The van der Waals surface area contributed by atoms with Crippen LogP contribution in [0.3, 0.4) is 0 Å². The smallest absolute Gasteiger partial charge is 0.236 e. The van der Waals surface area contributed by atoms with Gasteiger partial charge in [-0.2, -0.15) is 15.0 Å². The number of carbonyl (C=O) groups is 1. The lowest BCUT2D eigenvalue weighted by Crippen LogP contribution is -2.23. The van der Waals surface area contributed by atoms with Crippen molar-refractivity contribution in [2.75, 3.05) is 55.3 Å². The van der Waals surface area contributed by atoms with Gasteiger partial charge in [0.2, 0.25) is 23.8 Å². The minimum absolute atomic E-state index is 0.0873. The predicted molar refractivity (Wildman–Crippen MR) is 106 cm³/mol. The molecular weight excluding hydrogens is 364 g/mol. The van der Waals surface area contributed by atoms with Gasteiger partial charge >= 0.3 is 0 Å². The van der Waals surface area contributed by atoms with Crippen LogP contribution in [0.25, 0.3) is 0 Å². The maximum absolute atomic E-state index is 11.0. The van der Waals surface area contributed by atoms with Crippen LogP contribution in [-0.2, 0) is 16.0 Å². The van der Waals surface area contributed by atoms with E-state index in [9.17, 15) is 9.90 Å². The Morgan fingerprint density at radius 2 is 1.57 bits per heavy atom. The number of anilines is 3. The summed E-state index contributed by atoms with van der Waals surface area (Å²) < 4.78 is 5.30. The molecule has 0 aliphatic heterocycles. The second-order valence-electron chi connectivity index (χ2n) is 5.80. The van der Waals surface area contributed by atoms with Gasteiger partial charge in [0.05, 0.1) is 19.8 Å². The van der Waals surface area contributed by atoms with Crippen molar-refractivity contribution in [3.8, 4) is 5.75 Å². The quantitative estimate of drug-likeness (QED) is 0.245. The average Bonchev–Trinajstić information content (AvgIpc) is 2.68. The second-order valence-corrected chi connectivity index (χ2v) is 5.80. The number of phenolic OH excluding ortho intramolecular Hbond substituents is 1. The lowest BCUT2D eigenvalue weighted by Gasteiger charge is -2.11. The number of nitrogens with zero attached hydrogens (tertiary/aromatic N) is 3. The van der Waals surface area contributed by atoms with Crippen LogP contribution in [-0.4, -0.2) is 65.4 Å². The van der Waals surface area contributed by atoms with Gasteiger partial charge in [-0.15, -0.1) is 0 Å². The largest absolute Gasteiger partial charge is 0.508 e. The molecule has 1 aromatic carbocycles. The molecule has 8 N–H and O–H groups in total. The van der Waals surface area contributed by atoms with Gasteiger partial charge in [-0.25, -0.2) is 0 Å². The van der Waals surface area contributed by atoms with Crippen LogP contribution in [0.15, 0.2) is 24.3 Å². The first-order valence-corrected chi connectivity index (χ1v) is 8.88. The first kappa shape index (κ1) is 21.1. The van der Waals surface area contributed by atoms with Crippen LogP contribution in [0, 0.1) is 0 Å². The molecule has 0 unspecified atom stereocenters. The maximum atomic E-state index is 11.0. The summed E-state index contributed by atoms with van der Waals surface area (Å²) in [5, 5.41) is 18.2. The van der Waals surface area contributed by atoms with Gasteiger partial charge in [0.1, 0.15) is 5.75 Å². The third-order valence-corrected chi connectivity index (χ3v) is 3.48. The normalized spacial score (nSPS) is 10.5. The zero-order chi connectivity index (χ0) is 20.2. The number of hydrogen-bond acceptors (Lipinski definition) is 10. The number of aromatic nitrogens is 3. The number of phenols is 1. The number of nitrogens with one attached hydrogen (secondary N) is 3. The highest BCUT2D eigenvalue weighted by Crippen LogP contribution is 2.12.